The number of halogens is 1. The smallest absolute Gasteiger partial charge is 0.254 e. The Morgan fingerprint density at radius 1 is 1.24 bits per heavy atom. The number of aromatic nitrogens is 1. The van der Waals surface area contributed by atoms with Crippen molar-refractivity contribution < 1.29 is 9.18 Å². The highest BCUT2D eigenvalue weighted by Crippen LogP contribution is 2.19. The van der Waals surface area contributed by atoms with Gasteiger partial charge in [-0.2, -0.15) is 0 Å². The lowest BCUT2D eigenvalue weighted by molar-refractivity contribution is 0.0963. The number of likely N-dealkylation sites (tertiary alicyclic amines) is 1. The molecule has 1 aromatic carbocycles. The van der Waals surface area contributed by atoms with Crippen LogP contribution in [0.1, 0.15) is 28.8 Å². The summed E-state index contributed by atoms with van der Waals surface area (Å²) in [4.78, 5) is 18.6. The van der Waals surface area contributed by atoms with Gasteiger partial charge in [0.1, 0.15) is 11.6 Å². The molecule has 0 radical (unpaired) electrons. The second-order valence-corrected chi connectivity index (χ2v) is 6.30. The molecule has 2 N–H and O–H groups in total. The molecule has 0 bridgehead atoms. The van der Waals surface area contributed by atoms with Gasteiger partial charge in [-0.15, -0.1) is 0 Å². The highest BCUT2D eigenvalue weighted by atomic mass is 19.1. The third-order valence-corrected chi connectivity index (χ3v) is 4.53. The number of rotatable bonds is 5. The van der Waals surface area contributed by atoms with Crippen LogP contribution in [0.25, 0.3) is 0 Å². The molecule has 25 heavy (non-hydrogen) atoms. The molecule has 0 unspecified atom stereocenters. The summed E-state index contributed by atoms with van der Waals surface area (Å²) in [6.07, 6.45) is 3.65. The first-order valence-corrected chi connectivity index (χ1v) is 8.56. The molecule has 1 aliphatic heterocycles. The Morgan fingerprint density at radius 2 is 1.96 bits per heavy atom. The Hall–Kier alpha value is -2.47. The van der Waals surface area contributed by atoms with Gasteiger partial charge in [0.2, 0.25) is 0 Å². The maximum atomic E-state index is 13.0. The normalized spacial score (nSPS) is 15.8. The number of hydrogen-bond acceptors (Lipinski definition) is 4. The zero-order chi connectivity index (χ0) is 17.6. The molecule has 132 valence electrons. The molecule has 2 aromatic rings. The van der Waals surface area contributed by atoms with Gasteiger partial charge in [0.25, 0.3) is 5.91 Å². The zero-order valence-corrected chi connectivity index (χ0v) is 14.3. The Kier molecular flexibility index (Phi) is 5.60. The number of amides is 1. The van der Waals surface area contributed by atoms with Crippen molar-refractivity contribution in [3.05, 3.63) is 59.5 Å². The molecule has 3 rings (SSSR count). The number of pyridine rings is 1. The number of anilines is 1. The van der Waals surface area contributed by atoms with Crippen LogP contribution < -0.4 is 10.6 Å². The third kappa shape index (κ3) is 4.54. The van der Waals surface area contributed by atoms with E-state index in [2.05, 4.69) is 20.5 Å². The van der Waals surface area contributed by atoms with Crippen molar-refractivity contribution in [3.8, 4) is 0 Å². The van der Waals surface area contributed by atoms with Crippen LogP contribution in [-0.2, 0) is 6.54 Å². The summed E-state index contributed by atoms with van der Waals surface area (Å²) in [6, 6.07) is 10.5. The summed E-state index contributed by atoms with van der Waals surface area (Å²) >= 11 is 0. The van der Waals surface area contributed by atoms with Gasteiger partial charge in [-0.05, 0) is 42.7 Å². The van der Waals surface area contributed by atoms with Gasteiger partial charge in [0, 0.05) is 38.9 Å². The molecule has 0 saturated carbocycles. The summed E-state index contributed by atoms with van der Waals surface area (Å²) in [5.74, 6) is 0.303. The van der Waals surface area contributed by atoms with Gasteiger partial charge in [-0.25, -0.2) is 9.37 Å². The fourth-order valence-corrected chi connectivity index (χ4v) is 3.11. The number of nitrogens with zero attached hydrogens (tertiary/aromatic N) is 2. The van der Waals surface area contributed by atoms with Crippen molar-refractivity contribution in [3.63, 3.8) is 0 Å². The largest absolute Gasteiger partial charge is 0.367 e. The molecule has 0 aliphatic carbocycles. The first-order valence-electron chi connectivity index (χ1n) is 8.56. The van der Waals surface area contributed by atoms with E-state index >= 15 is 0 Å². The quantitative estimate of drug-likeness (QED) is 0.877. The molecule has 6 heteroatoms. The van der Waals surface area contributed by atoms with Gasteiger partial charge >= 0.3 is 0 Å². The van der Waals surface area contributed by atoms with E-state index in [1.807, 2.05) is 12.1 Å². The van der Waals surface area contributed by atoms with Crippen molar-refractivity contribution in [2.24, 2.45) is 0 Å². The molecular formula is C19H23FN4O. The Labute approximate surface area is 147 Å². The number of carbonyl (C=O) groups is 1. The third-order valence-electron chi connectivity index (χ3n) is 4.53. The molecular weight excluding hydrogens is 319 g/mol. The molecule has 1 amide bonds. The van der Waals surface area contributed by atoms with E-state index in [1.54, 1.807) is 25.4 Å². The predicted octanol–water partition coefficient (Wildman–Crippen LogP) is 2.66. The number of nitrogens with one attached hydrogen (secondary N) is 2. The number of hydrogen-bond donors (Lipinski definition) is 2. The summed E-state index contributed by atoms with van der Waals surface area (Å²) < 4.78 is 13.0. The van der Waals surface area contributed by atoms with Crippen molar-refractivity contribution >= 4 is 11.7 Å². The van der Waals surface area contributed by atoms with Crippen molar-refractivity contribution in [2.45, 2.75) is 25.4 Å². The van der Waals surface area contributed by atoms with Crippen molar-refractivity contribution in [2.75, 3.05) is 25.5 Å². The van der Waals surface area contributed by atoms with Gasteiger partial charge in [-0.1, -0.05) is 12.1 Å². The summed E-state index contributed by atoms with van der Waals surface area (Å²) in [7, 11) is 1.62. The first-order chi connectivity index (χ1) is 12.2. The summed E-state index contributed by atoms with van der Waals surface area (Å²) in [5.41, 5.74) is 1.69. The van der Waals surface area contributed by atoms with E-state index in [1.165, 1.54) is 12.1 Å². The lowest BCUT2D eigenvalue weighted by atomic mass is 10.0. The average Bonchev–Trinajstić information content (AvgIpc) is 2.65. The van der Waals surface area contributed by atoms with E-state index in [-0.39, 0.29) is 11.7 Å². The highest BCUT2D eigenvalue weighted by molar-refractivity contribution is 5.98. The minimum absolute atomic E-state index is 0.135. The first kappa shape index (κ1) is 17.4. The maximum Gasteiger partial charge on any atom is 0.254 e. The number of piperidine rings is 1. The van der Waals surface area contributed by atoms with Crippen LogP contribution in [0.4, 0.5) is 10.2 Å². The topological polar surface area (TPSA) is 57.3 Å². The molecule has 0 atom stereocenters. The lowest BCUT2D eigenvalue weighted by Gasteiger charge is -2.32. The van der Waals surface area contributed by atoms with E-state index in [0.717, 1.165) is 38.0 Å². The van der Waals surface area contributed by atoms with E-state index < -0.39 is 0 Å². The molecule has 0 spiro atoms. The maximum absolute atomic E-state index is 13.0. The Bertz CT molecular complexity index is 712. The van der Waals surface area contributed by atoms with E-state index in [9.17, 15) is 9.18 Å². The van der Waals surface area contributed by atoms with Crippen LogP contribution in [0.5, 0.6) is 0 Å². The summed E-state index contributed by atoms with van der Waals surface area (Å²) in [6.45, 7) is 2.74. The number of benzene rings is 1. The predicted molar refractivity (Wildman–Crippen MR) is 95.9 cm³/mol. The van der Waals surface area contributed by atoms with Gasteiger partial charge in [-0.3, -0.25) is 9.69 Å². The average molecular weight is 342 g/mol. The SMILES string of the molecule is CNC(=O)c1cccnc1NC1CCN(Cc2ccc(F)cc2)CC1. The van der Waals surface area contributed by atoms with Gasteiger partial charge < -0.3 is 10.6 Å². The van der Waals surface area contributed by atoms with Crippen LogP contribution >= 0.6 is 0 Å². The molecule has 1 fully saturated rings. The van der Waals surface area contributed by atoms with Crippen molar-refractivity contribution in [1.82, 2.24) is 15.2 Å². The second-order valence-electron chi connectivity index (χ2n) is 6.30. The van der Waals surface area contributed by atoms with Crippen LogP contribution in [0.2, 0.25) is 0 Å². The highest BCUT2D eigenvalue weighted by Gasteiger charge is 2.21. The monoisotopic (exact) mass is 342 g/mol. The van der Waals surface area contributed by atoms with Crippen molar-refractivity contribution in [1.29, 1.82) is 0 Å². The summed E-state index contributed by atoms with van der Waals surface area (Å²) in [5, 5.41) is 6.05. The Balaban J connectivity index is 1.54. The molecule has 2 heterocycles. The van der Waals surface area contributed by atoms with Crippen LogP contribution in [0.15, 0.2) is 42.6 Å². The fourth-order valence-electron chi connectivity index (χ4n) is 3.11. The molecule has 1 aliphatic rings. The molecule has 1 aromatic heterocycles. The van der Waals surface area contributed by atoms with E-state index in [0.29, 0.717) is 17.4 Å². The standard InChI is InChI=1S/C19H23FN4O/c1-21-19(25)17-3-2-10-22-18(17)23-16-8-11-24(12-9-16)13-14-4-6-15(20)7-5-14/h2-7,10,16H,8-9,11-13H2,1H3,(H,21,25)(H,22,23). The molecule has 1 saturated heterocycles. The minimum atomic E-state index is -0.200. The number of carbonyl (C=O) groups excluding carboxylic acids is 1. The van der Waals surface area contributed by atoms with Crippen LogP contribution in [-0.4, -0.2) is 42.0 Å². The fraction of sp³-hybridized carbons (Fsp3) is 0.368. The second kappa shape index (κ2) is 8.07. The van der Waals surface area contributed by atoms with Gasteiger partial charge in [0.05, 0.1) is 5.56 Å². The molecule has 5 nitrogen and oxygen atoms in total. The van der Waals surface area contributed by atoms with E-state index in [4.69, 9.17) is 0 Å². The van der Waals surface area contributed by atoms with Gasteiger partial charge in [0.15, 0.2) is 0 Å². The lowest BCUT2D eigenvalue weighted by Crippen LogP contribution is -2.39. The zero-order valence-electron chi connectivity index (χ0n) is 14.3. The Morgan fingerprint density at radius 3 is 2.64 bits per heavy atom. The minimum Gasteiger partial charge on any atom is -0.367 e. The van der Waals surface area contributed by atoms with Crippen LogP contribution in [0.3, 0.4) is 0 Å². The van der Waals surface area contributed by atoms with Crippen LogP contribution in [0, 0.1) is 5.82 Å².